The standard InChI is InChI=1S/C20H36N2O3/c1-19(2,3)18(24)22-12-10-15(11-13-22)17(23)21-14-20(4,25)16-8-6-5-7-9-16/h15-16,25H,5-14H2,1-4H3,(H,21,23)/t20-/m1/s1. The molecule has 25 heavy (non-hydrogen) atoms. The van der Waals surface area contributed by atoms with Gasteiger partial charge in [-0.1, -0.05) is 40.0 Å². The normalized spacial score (nSPS) is 23.2. The number of hydrogen-bond donors (Lipinski definition) is 2. The Morgan fingerprint density at radius 1 is 1.00 bits per heavy atom. The first-order valence-electron chi connectivity index (χ1n) is 9.91. The molecule has 5 heteroatoms. The summed E-state index contributed by atoms with van der Waals surface area (Å²) in [6.07, 6.45) is 7.12. The summed E-state index contributed by atoms with van der Waals surface area (Å²) < 4.78 is 0. The quantitative estimate of drug-likeness (QED) is 0.817. The molecule has 1 saturated carbocycles. The van der Waals surface area contributed by atoms with Crippen LogP contribution >= 0.6 is 0 Å². The number of likely N-dealkylation sites (tertiary alicyclic amines) is 1. The average Bonchev–Trinajstić information content (AvgIpc) is 2.59. The maximum absolute atomic E-state index is 12.5. The molecular weight excluding hydrogens is 316 g/mol. The van der Waals surface area contributed by atoms with Crippen LogP contribution < -0.4 is 5.32 Å². The highest BCUT2D eigenvalue weighted by molar-refractivity contribution is 5.82. The Hall–Kier alpha value is -1.10. The fraction of sp³-hybridized carbons (Fsp3) is 0.900. The second kappa shape index (κ2) is 8.07. The minimum absolute atomic E-state index is 0.0268. The van der Waals surface area contributed by atoms with Gasteiger partial charge in [0.1, 0.15) is 0 Å². The molecular formula is C20H36N2O3. The fourth-order valence-electron chi connectivity index (χ4n) is 4.10. The van der Waals surface area contributed by atoms with Crippen LogP contribution in [0, 0.1) is 17.3 Å². The highest BCUT2D eigenvalue weighted by Crippen LogP contribution is 2.32. The van der Waals surface area contributed by atoms with Crippen molar-refractivity contribution in [2.45, 2.75) is 78.2 Å². The molecule has 2 fully saturated rings. The van der Waals surface area contributed by atoms with Crippen molar-refractivity contribution in [3.8, 4) is 0 Å². The molecule has 0 aromatic rings. The van der Waals surface area contributed by atoms with Crippen LogP contribution in [0.4, 0.5) is 0 Å². The largest absolute Gasteiger partial charge is 0.388 e. The molecule has 0 spiro atoms. The van der Waals surface area contributed by atoms with Gasteiger partial charge in [-0.15, -0.1) is 0 Å². The summed E-state index contributed by atoms with van der Waals surface area (Å²) in [7, 11) is 0. The second-order valence-electron chi connectivity index (χ2n) is 9.23. The van der Waals surface area contributed by atoms with Gasteiger partial charge in [0.05, 0.1) is 5.60 Å². The van der Waals surface area contributed by atoms with E-state index >= 15 is 0 Å². The van der Waals surface area contributed by atoms with Gasteiger partial charge < -0.3 is 15.3 Å². The van der Waals surface area contributed by atoms with Gasteiger partial charge in [-0.25, -0.2) is 0 Å². The minimum atomic E-state index is -0.820. The van der Waals surface area contributed by atoms with Crippen molar-refractivity contribution in [1.29, 1.82) is 0 Å². The summed E-state index contributed by atoms with van der Waals surface area (Å²) in [5, 5.41) is 13.7. The zero-order valence-corrected chi connectivity index (χ0v) is 16.4. The average molecular weight is 353 g/mol. The van der Waals surface area contributed by atoms with E-state index in [4.69, 9.17) is 0 Å². The third-order valence-corrected chi connectivity index (χ3v) is 5.90. The zero-order valence-electron chi connectivity index (χ0n) is 16.4. The summed E-state index contributed by atoms with van der Waals surface area (Å²) in [5.74, 6) is 0.421. The number of nitrogens with one attached hydrogen (secondary N) is 1. The molecule has 5 nitrogen and oxygen atoms in total. The lowest BCUT2D eigenvalue weighted by Crippen LogP contribution is -2.50. The van der Waals surface area contributed by atoms with Crippen LogP contribution in [0.25, 0.3) is 0 Å². The van der Waals surface area contributed by atoms with Crippen LogP contribution in [-0.2, 0) is 9.59 Å². The number of piperidine rings is 1. The van der Waals surface area contributed by atoms with E-state index in [1.165, 1.54) is 19.3 Å². The molecule has 0 aromatic heterocycles. The smallest absolute Gasteiger partial charge is 0.227 e. The molecule has 2 rings (SSSR count). The van der Waals surface area contributed by atoms with E-state index in [9.17, 15) is 14.7 Å². The third-order valence-electron chi connectivity index (χ3n) is 5.90. The van der Waals surface area contributed by atoms with E-state index in [2.05, 4.69) is 5.32 Å². The molecule has 144 valence electrons. The number of carbonyl (C=O) groups is 2. The third kappa shape index (κ3) is 5.44. The Labute approximate surface area is 152 Å². The topological polar surface area (TPSA) is 69.6 Å². The van der Waals surface area contributed by atoms with E-state index in [0.717, 1.165) is 12.8 Å². The molecule has 2 aliphatic rings. The van der Waals surface area contributed by atoms with Gasteiger partial charge in [0.15, 0.2) is 0 Å². The molecule has 2 N–H and O–H groups in total. The molecule has 0 bridgehead atoms. The van der Waals surface area contributed by atoms with Crippen molar-refractivity contribution < 1.29 is 14.7 Å². The summed E-state index contributed by atoms with van der Waals surface area (Å²) in [5.41, 5.74) is -1.19. The number of nitrogens with zero attached hydrogens (tertiary/aromatic N) is 1. The number of aliphatic hydroxyl groups is 1. The predicted octanol–water partition coefficient (Wildman–Crippen LogP) is 2.72. The van der Waals surface area contributed by atoms with E-state index in [-0.39, 0.29) is 29.1 Å². The molecule has 0 unspecified atom stereocenters. The summed E-state index contributed by atoms with van der Waals surface area (Å²) >= 11 is 0. The first-order valence-corrected chi connectivity index (χ1v) is 9.91. The van der Waals surface area contributed by atoms with Crippen molar-refractivity contribution in [2.24, 2.45) is 17.3 Å². The van der Waals surface area contributed by atoms with E-state index in [1.807, 2.05) is 32.6 Å². The predicted molar refractivity (Wildman–Crippen MR) is 99.0 cm³/mol. The number of carbonyl (C=O) groups excluding carboxylic acids is 2. The maximum atomic E-state index is 12.5. The van der Waals surface area contributed by atoms with Gasteiger partial charge >= 0.3 is 0 Å². The van der Waals surface area contributed by atoms with E-state index in [1.54, 1.807) is 0 Å². The van der Waals surface area contributed by atoms with Gasteiger partial charge in [-0.2, -0.15) is 0 Å². The molecule has 1 aliphatic carbocycles. The summed E-state index contributed by atoms with van der Waals surface area (Å²) in [6.45, 7) is 9.27. The number of hydrogen-bond acceptors (Lipinski definition) is 3. The first-order chi connectivity index (χ1) is 11.6. The lowest BCUT2D eigenvalue weighted by atomic mass is 9.78. The Balaban J connectivity index is 1.78. The van der Waals surface area contributed by atoms with Gasteiger partial charge in [0.25, 0.3) is 0 Å². The molecule has 1 heterocycles. The zero-order chi connectivity index (χ0) is 18.7. The van der Waals surface area contributed by atoms with Crippen LogP contribution in [0.15, 0.2) is 0 Å². The Morgan fingerprint density at radius 2 is 1.56 bits per heavy atom. The fourth-order valence-corrected chi connectivity index (χ4v) is 4.10. The van der Waals surface area contributed by atoms with Gasteiger partial charge in [0, 0.05) is 31.0 Å². The molecule has 1 aliphatic heterocycles. The van der Waals surface area contributed by atoms with Crippen LogP contribution in [0.1, 0.15) is 72.6 Å². The Kier molecular flexibility index (Phi) is 6.52. The molecule has 2 amide bonds. The van der Waals surface area contributed by atoms with Crippen LogP contribution in [-0.4, -0.2) is 47.1 Å². The lowest BCUT2D eigenvalue weighted by molar-refractivity contribution is -0.142. The molecule has 0 radical (unpaired) electrons. The lowest BCUT2D eigenvalue weighted by Gasteiger charge is -2.37. The number of rotatable bonds is 4. The molecule has 1 saturated heterocycles. The van der Waals surface area contributed by atoms with Gasteiger partial charge in [-0.05, 0) is 38.5 Å². The van der Waals surface area contributed by atoms with Crippen molar-refractivity contribution in [3.63, 3.8) is 0 Å². The highest BCUT2D eigenvalue weighted by atomic mass is 16.3. The Morgan fingerprint density at radius 3 is 2.08 bits per heavy atom. The minimum Gasteiger partial charge on any atom is -0.388 e. The van der Waals surface area contributed by atoms with Gasteiger partial charge in [0.2, 0.25) is 11.8 Å². The highest BCUT2D eigenvalue weighted by Gasteiger charge is 2.35. The SMILES string of the molecule is CC(C)(C)C(=O)N1CCC(C(=O)NC[C@@](C)(O)C2CCCCC2)CC1. The van der Waals surface area contributed by atoms with Crippen LogP contribution in [0.2, 0.25) is 0 Å². The van der Waals surface area contributed by atoms with Crippen molar-refractivity contribution >= 4 is 11.8 Å². The van der Waals surface area contributed by atoms with Crippen LogP contribution in [0.3, 0.4) is 0 Å². The number of amides is 2. The Bertz CT molecular complexity index is 468. The summed E-state index contributed by atoms with van der Waals surface area (Å²) in [4.78, 5) is 26.7. The van der Waals surface area contributed by atoms with Crippen LogP contribution in [0.5, 0.6) is 0 Å². The second-order valence-corrected chi connectivity index (χ2v) is 9.23. The molecule has 0 aromatic carbocycles. The van der Waals surface area contributed by atoms with Crippen molar-refractivity contribution in [3.05, 3.63) is 0 Å². The van der Waals surface area contributed by atoms with Crippen molar-refractivity contribution in [2.75, 3.05) is 19.6 Å². The monoisotopic (exact) mass is 352 g/mol. The van der Waals surface area contributed by atoms with Crippen molar-refractivity contribution in [1.82, 2.24) is 10.2 Å². The van der Waals surface area contributed by atoms with E-state index in [0.29, 0.717) is 32.5 Å². The first kappa shape index (κ1) is 20.2. The molecule has 1 atom stereocenters. The van der Waals surface area contributed by atoms with Gasteiger partial charge in [-0.3, -0.25) is 9.59 Å². The summed E-state index contributed by atoms with van der Waals surface area (Å²) in [6, 6.07) is 0. The van der Waals surface area contributed by atoms with E-state index < -0.39 is 5.60 Å². The maximum Gasteiger partial charge on any atom is 0.227 e.